The third-order valence-electron chi connectivity index (χ3n) is 1.93. The van der Waals surface area contributed by atoms with Gasteiger partial charge in [-0.15, -0.1) is 0 Å². The Morgan fingerprint density at radius 2 is 2.22 bits per heavy atom. The number of halogens is 2. The van der Waals surface area contributed by atoms with E-state index in [0.717, 1.165) is 0 Å². The van der Waals surface area contributed by atoms with Crippen molar-refractivity contribution in [1.82, 2.24) is 9.97 Å². The molecule has 2 rings (SSSR count). The lowest BCUT2D eigenvalue weighted by Gasteiger charge is -2.03. The summed E-state index contributed by atoms with van der Waals surface area (Å²) in [6.45, 7) is 0. The molecule has 0 saturated carbocycles. The van der Waals surface area contributed by atoms with Crippen LogP contribution in [-0.2, 0) is 4.79 Å². The van der Waals surface area contributed by atoms with Crippen LogP contribution in [0.4, 0.5) is 5.82 Å². The molecule has 0 radical (unpaired) electrons. The predicted molar refractivity (Wildman–Crippen MR) is 68.4 cm³/mol. The number of amides is 1. The summed E-state index contributed by atoms with van der Waals surface area (Å²) in [5, 5.41) is 2.66. The van der Waals surface area contributed by atoms with Crippen LogP contribution in [-0.4, -0.2) is 15.9 Å². The Hall–Kier alpha value is -1.85. The number of carbonyl (C=O) groups excluding carboxylic acids is 1. The van der Waals surface area contributed by atoms with Crippen molar-refractivity contribution in [2.45, 2.75) is 0 Å². The van der Waals surface area contributed by atoms with Crippen LogP contribution in [0.1, 0.15) is 5.76 Å². The van der Waals surface area contributed by atoms with Gasteiger partial charge in [0.2, 0.25) is 5.91 Å². The Morgan fingerprint density at radius 1 is 1.39 bits per heavy atom. The maximum atomic E-state index is 11.6. The number of aromatic nitrogens is 2. The van der Waals surface area contributed by atoms with Gasteiger partial charge in [-0.1, -0.05) is 23.2 Å². The summed E-state index contributed by atoms with van der Waals surface area (Å²) in [5.74, 6) is 0.325. The van der Waals surface area contributed by atoms with Gasteiger partial charge in [-0.25, -0.2) is 9.97 Å². The molecule has 1 N–H and O–H groups in total. The molecule has 0 aromatic carbocycles. The van der Waals surface area contributed by atoms with Gasteiger partial charge in [0.1, 0.15) is 17.1 Å². The highest BCUT2D eigenvalue weighted by Gasteiger charge is 2.08. The highest BCUT2D eigenvalue weighted by Crippen LogP contribution is 2.25. The van der Waals surface area contributed by atoms with Crippen molar-refractivity contribution in [2.75, 3.05) is 5.32 Å². The molecule has 92 valence electrons. The lowest BCUT2D eigenvalue weighted by molar-refractivity contribution is -0.111. The predicted octanol–water partition coefficient (Wildman–Crippen LogP) is 3.03. The molecule has 2 aromatic heterocycles. The topological polar surface area (TPSA) is 68.0 Å². The lowest BCUT2D eigenvalue weighted by atomic mass is 10.4. The zero-order chi connectivity index (χ0) is 13.0. The molecule has 5 nitrogen and oxygen atoms in total. The van der Waals surface area contributed by atoms with Crippen molar-refractivity contribution in [3.63, 3.8) is 0 Å². The largest absolute Gasteiger partial charge is 0.465 e. The SMILES string of the molecule is O=C(/C=C/c1ccco1)Nc1ncnc(Cl)c1Cl. The fraction of sp³-hybridized carbons (Fsp3) is 0. The van der Waals surface area contributed by atoms with E-state index in [0.29, 0.717) is 5.76 Å². The molecule has 0 saturated heterocycles. The molecule has 0 aliphatic rings. The smallest absolute Gasteiger partial charge is 0.249 e. The maximum absolute atomic E-state index is 11.6. The van der Waals surface area contributed by atoms with Gasteiger partial charge in [0.05, 0.1) is 6.26 Å². The highest BCUT2D eigenvalue weighted by molar-refractivity contribution is 6.43. The van der Waals surface area contributed by atoms with E-state index >= 15 is 0 Å². The summed E-state index contributed by atoms with van der Waals surface area (Å²) >= 11 is 11.5. The van der Waals surface area contributed by atoms with Crippen molar-refractivity contribution in [2.24, 2.45) is 0 Å². The summed E-state index contributed by atoms with van der Waals surface area (Å²) in [6, 6.07) is 3.44. The van der Waals surface area contributed by atoms with E-state index in [9.17, 15) is 4.79 Å². The normalized spacial score (nSPS) is 10.8. The van der Waals surface area contributed by atoms with Crippen molar-refractivity contribution in [1.29, 1.82) is 0 Å². The second kappa shape index (κ2) is 5.66. The first-order valence-corrected chi connectivity index (χ1v) is 5.61. The number of nitrogens with one attached hydrogen (secondary N) is 1. The molecular formula is C11H7Cl2N3O2. The fourth-order valence-corrected chi connectivity index (χ4v) is 1.42. The average molecular weight is 284 g/mol. The third-order valence-corrected chi connectivity index (χ3v) is 2.67. The van der Waals surface area contributed by atoms with E-state index in [1.165, 1.54) is 24.7 Å². The summed E-state index contributed by atoms with van der Waals surface area (Å²) in [4.78, 5) is 19.0. The number of nitrogens with zero attached hydrogens (tertiary/aromatic N) is 2. The number of rotatable bonds is 3. The Kier molecular flexibility index (Phi) is 3.96. The monoisotopic (exact) mass is 283 g/mol. The standard InChI is InChI=1S/C11H7Cl2N3O2/c12-9-10(13)14-6-15-11(9)16-8(17)4-3-7-2-1-5-18-7/h1-6H,(H,14,15,16,17)/b4-3+. The number of hydrogen-bond donors (Lipinski definition) is 1. The number of hydrogen-bond acceptors (Lipinski definition) is 4. The number of carbonyl (C=O) groups is 1. The van der Waals surface area contributed by atoms with E-state index in [1.54, 1.807) is 12.1 Å². The zero-order valence-electron chi connectivity index (χ0n) is 8.93. The van der Waals surface area contributed by atoms with Gasteiger partial charge in [0.15, 0.2) is 11.0 Å². The molecule has 18 heavy (non-hydrogen) atoms. The molecular weight excluding hydrogens is 277 g/mol. The molecule has 1 amide bonds. The van der Waals surface area contributed by atoms with Crippen LogP contribution < -0.4 is 5.32 Å². The van der Waals surface area contributed by atoms with Crippen LogP contribution >= 0.6 is 23.2 Å². The van der Waals surface area contributed by atoms with E-state index < -0.39 is 5.91 Å². The summed E-state index contributed by atoms with van der Waals surface area (Å²) in [5.41, 5.74) is 0. The molecule has 2 heterocycles. The number of furan rings is 1. The average Bonchev–Trinajstić information content (AvgIpc) is 2.86. The van der Waals surface area contributed by atoms with E-state index in [1.807, 2.05) is 0 Å². The second-order valence-electron chi connectivity index (χ2n) is 3.17. The molecule has 0 spiro atoms. The Labute approximate surface area is 112 Å². The van der Waals surface area contributed by atoms with Gasteiger partial charge < -0.3 is 9.73 Å². The van der Waals surface area contributed by atoms with Crippen LogP contribution in [0.25, 0.3) is 6.08 Å². The Balaban J connectivity index is 2.05. The second-order valence-corrected chi connectivity index (χ2v) is 3.90. The molecule has 0 bridgehead atoms. The first-order chi connectivity index (χ1) is 8.66. The minimum atomic E-state index is -0.400. The van der Waals surface area contributed by atoms with Crippen LogP contribution in [0.3, 0.4) is 0 Å². The van der Waals surface area contributed by atoms with Gasteiger partial charge in [-0.05, 0) is 18.2 Å². The van der Waals surface area contributed by atoms with Gasteiger partial charge in [-0.2, -0.15) is 0 Å². The molecule has 0 unspecified atom stereocenters. The van der Waals surface area contributed by atoms with Crippen molar-refractivity contribution in [3.05, 3.63) is 46.7 Å². The van der Waals surface area contributed by atoms with Crippen molar-refractivity contribution >= 4 is 41.0 Å². The summed E-state index contributed by atoms with van der Waals surface area (Å²) < 4.78 is 5.04. The maximum Gasteiger partial charge on any atom is 0.249 e. The zero-order valence-corrected chi connectivity index (χ0v) is 10.4. The minimum absolute atomic E-state index is 0.0805. The quantitative estimate of drug-likeness (QED) is 0.694. The summed E-state index contributed by atoms with van der Waals surface area (Å²) in [7, 11) is 0. The highest BCUT2D eigenvalue weighted by atomic mass is 35.5. The minimum Gasteiger partial charge on any atom is -0.465 e. The van der Waals surface area contributed by atoms with E-state index in [2.05, 4.69) is 15.3 Å². The van der Waals surface area contributed by atoms with Gasteiger partial charge in [0, 0.05) is 6.08 Å². The van der Waals surface area contributed by atoms with Crippen molar-refractivity contribution < 1.29 is 9.21 Å². The van der Waals surface area contributed by atoms with Gasteiger partial charge >= 0.3 is 0 Å². The molecule has 0 fully saturated rings. The first-order valence-electron chi connectivity index (χ1n) is 4.85. The number of anilines is 1. The fourth-order valence-electron chi connectivity index (χ4n) is 1.14. The Bertz CT molecular complexity index is 582. The lowest BCUT2D eigenvalue weighted by Crippen LogP contribution is -2.10. The Morgan fingerprint density at radius 3 is 2.94 bits per heavy atom. The third kappa shape index (κ3) is 3.09. The van der Waals surface area contributed by atoms with Gasteiger partial charge in [-0.3, -0.25) is 4.79 Å². The van der Waals surface area contributed by atoms with E-state index in [-0.39, 0.29) is 16.0 Å². The van der Waals surface area contributed by atoms with Crippen LogP contribution in [0, 0.1) is 0 Å². The molecule has 0 atom stereocenters. The van der Waals surface area contributed by atoms with Crippen molar-refractivity contribution in [3.8, 4) is 0 Å². The molecule has 0 aliphatic heterocycles. The molecule has 7 heteroatoms. The molecule has 0 aliphatic carbocycles. The van der Waals surface area contributed by atoms with Gasteiger partial charge in [0.25, 0.3) is 0 Å². The van der Waals surface area contributed by atoms with Crippen LogP contribution in [0.2, 0.25) is 10.2 Å². The van der Waals surface area contributed by atoms with Crippen LogP contribution in [0.5, 0.6) is 0 Å². The summed E-state index contributed by atoms with van der Waals surface area (Å²) in [6.07, 6.45) is 5.54. The van der Waals surface area contributed by atoms with E-state index in [4.69, 9.17) is 27.6 Å². The first kappa shape index (κ1) is 12.6. The van der Waals surface area contributed by atoms with Crippen LogP contribution in [0.15, 0.2) is 35.2 Å². The molecule has 2 aromatic rings.